The van der Waals surface area contributed by atoms with Crippen molar-refractivity contribution in [2.75, 3.05) is 0 Å². The van der Waals surface area contributed by atoms with E-state index in [9.17, 15) is 0 Å². The zero-order valence-corrected chi connectivity index (χ0v) is 10.2. The van der Waals surface area contributed by atoms with Crippen molar-refractivity contribution in [3.8, 4) is 0 Å². The van der Waals surface area contributed by atoms with Crippen LogP contribution in [0.4, 0.5) is 0 Å². The van der Waals surface area contributed by atoms with E-state index in [0.717, 1.165) is 9.63 Å². The molecule has 0 aliphatic heterocycles. The van der Waals surface area contributed by atoms with E-state index < -0.39 is 0 Å². The summed E-state index contributed by atoms with van der Waals surface area (Å²) in [5.41, 5.74) is 0. The van der Waals surface area contributed by atoms with Gasteiger partial charge in [0.25, 0.3) is 0 Å². The molecule has 0 spiro atoms. The average Bonchev–Trinajstić information content (AvgIpc) is 2.70. The summed E-state index contributed by atoms with van der Waals surface area (Å²) >= 11 is 3.39. The van der Waals surface area contributed by atoms with Crippen LogP contribution in [0.3, 0.4) is 0 Å². The highest BCUT2D eigenvalue weighted by molar-refractivity contribution is 9.10. The fourth-order valence-electron chi connectivity index (χ4n) is 0.812. The maximum atomic E-state index is 4.02. The predicted octanol–water partition coefficient (Wildman–Crippen LogP) is 3.37. The monoisotopic (exact) mass is 287 g/mol. The Kier molecular flexibility index (Phi) is 3.49. The molecular weight excluding hydrogens is 282 g/mol. The largest absolute Gasteiger partial charge is 0.254 e. The van der Waals surface area contributed by atoms with Crippen LogP contribution in [0.2, 0.25) is 0 Å². The molecule has 0 amide bonds. The number of benzene rings is 1. The summed E-state index contributed by atoms with van der Waals surface area (Å²) in [4.78, 5) is 5.20. The third-order valence-electron chi connectivity index (χ3n) is 1.42. The second-order valence-electron chi connectivity index (χ2n) is 2.41. The van der Waals surface area contributed by atoms with Crippen molar-refractivity contribution in [2.24, 2.45) is 0 Å². The fraction of sp³-hybridized carbons (Fsp3) is 0. The summed E-state index contributed by atoms with van der Waals surface area (Å²) in [6.45, 7) is 0. The van der Waals surface area contributed by atoms with Crippen LogP contribution in [0.25, 0.3) is 0 Å². The highest BCUT2D eigenvalue weighted by atomic mass is 79.9. The smallest absolute Gasteiger partial charge is 0.194 e. The summed E-state index contributed by atoms with van der Waals surface area (Å²) in [7, 11) is 3.21. The van der Waals surface area contributed by atoms with Crippen LogP contribution in [-0.2, 0) is 0 Å². The van der Waals surface area contributed by atoms with Crippen molar-refractivity contribution in [2.45, 2.75) is 10.1 Å². The Morgan fingerprint density at radius 1 is 1.14 bits per heavy atom. The topological polar surface area (TPSA) is 41.6 Å². The Morgan fingerprint density at radius 3 is 2.57 bits per heavy atom. The van der Waals surface area contributed by atoms with Gasteiger partial charge >= 0.3 is 0 Å². The van der Waals surface area contributed by atoms with Crippen molar-refractivity contribution in [1.29, 1.82) is 0 Å². The number of rotatable bonds is 3. The Bertz CT molecular complexity index is 387. The fourth-order valence-corrected chi connectivity index (χ4v) is 2.78. The molecular formula is C8H6BrN3S2. The van der Waals surface area contributed by atoms with Crippen molar-refractivity contribution in [1.82, 2.24) is 15.2 Å². The van der Waals surface area contributed by atoms with E-state index in [1.54, 1.807) is 21.6 Å². The van der Waals surface area contributed by atoms with Gasteiger partial charge in [-0.15, -0.1) is 0 Å². The van der Waals surface area contributed by atoms with Gasteiger partial charge in [0.1, 0.15) is 6.33 Å². The molecule has 0 aliphatic carbocycles. The van der Waals surface area contributed by atoms with E-state index in [1.165, 1.54) is 11.2 Å². The van der Waals surface area contributed by atoms with E-state index in [4.69, 9.17) is 0 Å². The van der Waals surface area contributed by atoms with Crippen LogP contribution in [0.5, 0.6) is 0 Å². The number of nitrogens with one attached hydrogen (secondary N) is 1. The summed E-state index contributed by atoms with van der Waals surface area (Å²) in [5, 5.41) is 7.38. The lowest BCUT2D eigenvalue weighted by Gasteiger charge is -1.97. The van der Waals surface area contributed by atoms with Crippen molar-refractivity contribution >= 4 is 37.5 Å². The van der Waals surface area contributed by atoms with Crippen molar-refractivity contribution in [3.05, 3.63) is 35.1 Å². The molecule has 1 heterocycles. The normalized spacial score (nSPS) is 10.4. The summed E-state index contributed by atoms with van der Waals surface area (Å²) in [5.74, 6) is 0. The van der Waals surface area contributed by atoms with E-state index >= 15 is 0 Å². The van der Waals surface area contributed by atoms with Gasteiger partial charge in [0.15, 0.2) is 5.16 Å². The lowest BCUT2D eigenvalue weighted by molar-refractivity contribution is 0.979. The second-order valence-corrected chi connectivity index (χ2v) is 5.52. The number of aromatic amines is 1. The zero-order chi connectivity index (χ0) is 9.80. The number of hydrogen-bond donors (Lipinski definition) is 1. The molecule has 1 N–H and O–H groups in total. The molecule has 3 nitrogen and oxygen atoms in total. The molecule has 0 unspecified atom stereocenters. The Balaban J connectivity index is 1.95. The number of hydrogen-bond acceptors (Lipinski definition) is 4. The maximum absolute atomic E-state index is 4.02. The van der Waals surface area contributed by atoms with E-state index in [0.29, 0.717) is 0 Å². The van der Waals surface area contributed by atoms with E-state index in [-0.39, 0.29) is 0 Å². The molecule has 2 aromatic rings. The van der Waals surface area contributed by atoms with Gasteiger partial charge in [-0.25, -0.2) is 4.98 Å². The lowest BCUT2D eigenvalue weighted by atomic mass is 10.4. The molecule has 0 bridgehead atoms. The Hall–Kier alpha value is -0.460. The van der Waals surface area contributed by atoms with Crippen LogP contribution >= 0.6 is 37.5 Å². The minimum Gasteiger partial charge on any atom is -0.254 e. The average molecular weight is 288 g/mol. The quantitative estimate of drug-likeness (QED) is 0.879. The van der Waals surface area contributed by atoms with Gasteiger partial charge in [-0.2, -0.15) is 5.10 Å². The molecule has 2 rings (SSSR count). The SMILES string of the molecule is Brc1ccc(SSc2ncn[nH]2)cc1. The van der Waals surface area contributed by atoms with Gasteiger partial charge in [-0.1, -0.05) is 15.9 Å². The van der Waals surface area contributed by atoms with Gasteiger partial charge in [-0.3, -0.25) is 5.10 Å². The van der Waals surface area contributed by atoms with Gasteiger partial charge < -0.3 is 0 Å². The van der Waals surface area contributed by atoms with Crippen LogP contribution in [0.15, 0.2) is 45.1 Å². The molecule has 0 aliphatic rings. The van der Waals surface area contributed by atoms with E-state index in [2.05, 4.69) is 43.2 Å². The minimum absolute atomic E-state index is 0.818. The molecule has 1 aromatic heterocycles. The van der Waals surface area contributed by atoms with E-state index in [1.807, 2.05) is 12.1 Å². The number of H-pyrrole nitrogens is 1. The van der Waals surface area contributed by atoms with Gasteiger partial charge in [-0.05, 0) is 45.9 Å². The van der Waals surface area contributed by atoms with Gasteiger partial charge in [0.2, 0.25) is 0 Å². The lowest BCUT2D eigenvalue weighted by Crippen LogP contribution is -1.71. The van der Waals surface area contributed by atoms with Crippen molar-refractivity contribution < 1.29 is 0 Å². The first kappa shape index (κ1) is 10.1. The maximum Gasteiger partial charge on any atom is 0.194 e. The highest BCUT2D eigenvalue weighted by Crippen LogP contribution is 2.35. The van der Waals surface area contributed by atoms with Crippen LogP contribution in [0, 0.1) is 0 Å². The summed E-state index contributed by atoms with van der Waals surface area (Å²) in [6, 6.07) is 8.14. The molecule has 0 radical (unpaired) electrons. The van der Waals surface area contributed by atoms with Gasteiger partial charge in [0, 0.05) is 9.37 Å². The zero-order valence-electron chi connectivity index (χ0n) is 6.98. The van der Waals surface area contributed by atoms with Crippen molar-refractivity contribution in [3.63, 3.8) is 0 Å². The standard InChI is InChI=1S/C8H6BrN3S2/c9-6-1-3-7(4-2-6)13-14-8-10-5-11-12-8/h1-5H,(H,10,11,12). The molecule has 6 heteroatoms. The van der Waals surface area contributed by atoms with Gasteiger partial charge in [0.05, 0.1) is 0 Å². The Labute approximate surface area is 97.6 Å². The second kappa shape index (κ2) is 4.86. The third kappa shape index (κ3) is 2.76. The molecule has 0 saturated carbocycles. The number of aromatic nitrogens is 3. The molecule has 14 heavy (non-hydrogen) atoms. The first-order valence-electron chi connectivity index (χ1n) is 3.80. The third-order valence-corrected chi connectivity index (χ3v) is 4.16. The molecule has 72 valence electrons. The number of nitrogens with zero attached hydrogens (tertiary/aromatic N) is 2. The molecule has 0 fully saturated rings. The molecule has 1 aromatic carbocycles. The predicted molar refractivity (Wildman–Crippen MR) is 62.2 cm³/mol. The first-order chi connectivity index (χ1) is 6.84. The molecule has 0 atom stereocenters. The Morgan fingerprint density at radius 2 is 1.93 bits per heavy atom. The summed E-state index contributed by atoms with van der Waals surface area (Å²) < 4.78 is 1.09. The molecule has 0 saturated heterocycles. The highest BCUT2D eigenvalue weighted by Gasteiger charge is 1.99. The van der Waals surface area contributed by atoms with Crippen LogP contribution < -0.4 is 0 Å². The summed E-state index contributed by atoms with van der Waals surface area (Å²) in [6.07, 6.45) is 1.50. The first-order valence-corrected chi connectivity index (χ1v) is 6.74. The minimum atomic E-state index is 0.818. The van der Waals surface area contributed by atoms with Crippen LogP contribution in [0.1, 0.15) is 0 Å². The van der Waals surface area contributed by atoms with Crippen LogP contribution in [-0.4, -0.2) is 15.2 Å². The number of halogens is 1.